The van der Waals surface area contributed by atoms with E-state index >= 15 is 0 Å². The van der Waals surface area contributed by atoms with E-state index in [9.17, 15) is 14.0 Å². The minimum atomic E-state index is -1.14. The molecule has 1 aromatic heterocycles. The van der Waals surface area contributed by atoms with E-state index in [1.54, 1.807) is 42.7 Å². The summed E-state index contributed by atoms with van der Waals surface area (Å²) in [6, 6.07) is 21.8. The molecule has 3 aromatic carbocycles. The first-order valence-electron chi connectivity index (χ1n) is 12.1. The van der Waals surface area contributed by atoms with Crippen LogP contribution in [-0.2, 0) is 9.59 Å². The van der Waals surface area contributed by atoms with Crippen molar-refractivity contribution in [3.8, 4) is 11.5 Å². The van der Waals surface area contributed by atoms with Crippen LogP contribution in [0, 0.1) is 11.2 Å². The predicted octanol–water partition coefficient (Wildman–Crippen LogP) is 6.18. The number of hydrogen-bond acceptors (Lipinski definition) is 6. The van der Waals surface area contributed by atoms with Crippen LogP contribution in [0.3, 0.4) is 0 Å². The Kier molecular flexibility index (Phi) is 5.80. The molecule has 2 heterocycles. The summed E-state index contributed by atoms with van der Waals surface area (Å²) >= 11 is 0. The highest BCUT2D eigenvalue weighted by Crippen LogP contribution is 2.47. The minimum absolute atomic E-state index is 0.384. The van der Waals surface area contributed by atoms with Gasteiger partial charge in [-0.2, -0.15) is 0 Å². The Balaban J connectivity index is 1.13. The summed E-state index contributed by atoms with van der Waals surface area (Å²) in [6.45, 7) is 0. The molecule has 0 radical (unpaired) electrons. The largest absolute Gasteiger partial charge is 0.455 e. The van der Waals surface area contributed by atoms with Crippen molar-refractivity contribution in [1.82, 2.24) is 4.98 Å². The van der Waals surface area contributed by atoms with Crippen LogP contribution in [0.15, 0.2) is 90.1 Å². The number of ether oxygens (including phenoxy) is 1. The Morgan fingerprint density at radius 1 is 0.868 bits per heavy atom. The van der Waals surface area contributed by atoms with E-state index in [0.717, 1.165) is 11.3 Å². The zero-order valence-corrected chi connectivity index (χ0v) is 20.1. The number of carbonyl (C=O) groups excluding carboxylic acids is 2. The molecule has 0 saturated heterocycles. The molecule has 188 valence electrons. The summed E-state index contributed by atoms with van der Waals surface area (Å²) in [7, 11) is 0. The second-order valence-corrected chi connectivity index (χ2v) is 9.10. The van der Waals surface area contributed by atoms with Gasteiger partial charge in [-0.25, -0.2) is 14.4 Å². The Hall–Kier alpha value is -5.05. The maximum Gasteiger partial charge on any atom is 0.240 e. The lowest BCUT2D eigenvalue weighted by atomic mass is 10.0. The first-order chi connectivity index (χ1) is 18.5. The van der Waals surface area contributed by atoms with E-state index in [-0.39, 0.29) is 5.91 Å². The van der Waals surface area contributed by atoms with E-state index in [1.165, 1.54) is 24.3 Å². The molecule has 4 aromatic rings. The summed E-state index contributed by atoms with van der Waals surface area (Å²) in [4.78, 5) is 34.7. The van der Waals surface area contributed by atoms with Gasteiger partial charge >= 0.3 is 0 Å². The fraction of sp³-hybridized carbons (Fsp3) is 0.103. The van der Waals surface area contributed by atoms with Gasteiger partial charge in [0.15, 0.2) is 11.6 Å². The third-order valence-electron chi connectivity index (χ3n) is 6.50. The van der Waals surface area contributed by atoms with E-state index in [1.807, 2.05) is 24.3 Å². The van der Waals surface area contributed by atoms with E-state index < -0.39 is 17.1 Å². The van der Waals surface area contributed by atoms with Gasteiger partial charge in [0.25, 0.3) is 0 Å². The molecule has 1 aliphatic carbocycles. The molecular formula is C29H22FN5O3. The Morgan fingerprint density at radius 2 is 1.53 bits per heavy atom. The van der Waals surface area contributed by atoms with Crippen LogP contribution in [0.4, 0.5) is 33.0 Å². The molecule has 1 saturated carbocycles. The molecule has 9 heteroatoms. The van der Waals surface area contributed by atoms with Gasteiger partial charge in [0, 0.05) is 41.1 Å². The number of hydrogen-bond donors (Lipinski definition) is 3. The summed E-state index contributed by atoms with van der Waals surface area (Å²) in [5, 5.41) is 8.82. The van der Waals surface area contributed by atoms with Crippen molar-refractivity contribution in [2.45, 2.75) is 12.8 Å². The first kappa shape index (κ1) is 23.4. The Bertz CT molecular complexity index is 1560. The first-order valence-corrected chi connectivity index (χ1v) is 12.1. The highest BCUT2D eigenvalue weighted by molar-refractivity contribution is 6.16. The van der Waals surface area contributed by atoms with Crippen molar-refractivity contribution in [3.63, 3.8) is 0 Å². The normalized spacial score (nSPS) is 14.2. The topological polar surface area (TPSA) is 105 Å². The van der Waals surface area contributed by atoms with Crippen molar-refractivity contribution in [1.29, 1.82) is 0 Å². The molecule has 2 amide bonds. The van der Waals surface area contributed by atoms with E-state index in [2.05, 4.69) is 25.9 Å². The molecule has 3 N–H and O–H groups in total. The third kappa shape index (κ3) is 4.57. The molecule has 0 unspecified atom stereocenters. The number of carbonyl (C=O) groups is 2. The van der Waals surface area contributed by atoms with Crippen LogP contribution in [0.1, 0.15) is 18.4 Å². The van der Waals surface area contributed by atoms with Crippen LogP contribution >= 0.6 is 0 Å². The Morgan fingerprint density at radius 3 is 2.21 bits per heavy atom. The molecular weight excluding hydrogens is 485 g/mol. The summed E-state index contributed by atoms with van der Waals surface area (Å²) in [6.07, 6.45) is 4.30. The molecule has 1 fully saturated rings. The molecule has 38 heavy (non-hydrogen) atoms. The zero-order chi connectivity index (χ0) is 26.1. The number of aliphatic imine (C=N–C) groups is 1. The van der Waals surface area contributed by atoms with Gasteiger partial charge in [-0.05, 0) is 67.4 Å². The highest BCUT2D eigenvalue weighted by atomic mass is 19.1. The fourth-order valence-corrected chi connectivity index (χ4v) is 4.17. The molecule has 0 atom stereocenters. The maximum absolute atomic E-state index is 13.1. The number of fused-ring (bicyclic) bond motifs is 2. The fourth-order valence-electron chi connectivity index (χ4n) is 4.17. The number of rotatable bonds is 6. The monoisotopic (exact) mass is 507 g/mol. The molecule has 1 aliphatic heterocycles. The van der Waals surface area contributed by atoms with Gasteiger partial charge in [-0.3, -0.25) is 9.59 Å². The SMILES string of the molecule is O=C(Nc1ccc(F)cc1)C1(C(=O)Nc2ccc(Oc3ccnc4c3N=Cc3ccccc3N4)cc2)CC1. The molecule has 6 rings (SSSR count). The summed E-state index contributed by atoms with van der Waals surface area (Å²) < 4.78 is 19.2. The highest BCUT2D eigenvalue weighted by Gasteiger charge is 2.56. The number of benzene rings is 3. The molecule has 2 aliphatic rings. The number of amides is 2. The quantitative estimate of drug-likeness (QED) is 0.238. The lowest BCUT2D eigenvalue weighted by molar-refractivity contribution is -0.131. The maximum atomic E-state index is 13.1. The summed E-state index contributed by atoms with van der Waals surface area (Å²) in [5.41, 5.74) is 2.25. The zero-order valence-electron chi connectivity index (χ0n) is 20.1. The van der Waals surface area contributed by atoms with Crippen LogP contribution in [0.25, 0.3) is 0 Å². The van der Waals surface area contributed by atoms with Gasteiger partial charge in [0.1, 0.15) is 22.7 Å². The van der Waals surface area contributed by atoms with Gasteiger partial charge in [-0.15, -0.1) is 0 Å². The van der Waals surface area contributed by atoms with Gasteiger partial charge in [-0.1, -0.05) is 18.2 Å². The number of nitrogens with one attached hydrogen (secondary N) is 3. The number of nitrogens with zero attached hydrogens (tertiary/aromatic N) is 2. The number of aromatic nitrogens is 1. The smallest absolute Gasteiger partial charge is 0.240 e. The van der Waals surface area contributed by atoms with E-state index in [4.69, 9.17) is 4.74 Å². The van der Waals surface area contributed by atoms with Crippen LogP contribution < -0.4 is 20.7 Å². The molecule has 0 spiro atoms. The van der Waals surface area contributed by atoms with Crippen molar-refractivity contribution in [2.24, 2.45) is 10.4 Å². The third-order valence-corrected chi connectivity index (χ3v) is 6.50. The predicted molar refractivity (Wildman–Crippen MR) is 143 cm³/mol. The number of anilines is 4. The molecule has 0 bridgehead atoms. The van der Waals surface area contributed by atoms with Crippen LogP contribution in [-0.4, -0.2) is 23.0 Å². The van der Waals surface area contributed by atoms with Gasteiger partial charge in [0.2, 0.25) is 11.8 Å². The summed E-state index contributed by atoms with van der Waals surface area (Å²) in [5.74, 6) is 0.465. The van der Waals surface area contributed by atoms with Gasteiger partial charge in [0.05, 0.1) is 0 Å². The standard InChI is InChI=1S/C29H22FN5O3/c30-19-5-7-20(8-6-19)33-27(36)29(14-15-29)28(37)34-21-9-11-22(12-10-21)38-24-13-16-31-26-25(24)32-17-18-3-1-2-4-23(18)35-26/h1-13,16-17H,14-15H2,(H,31,35)(H,33,36)(H,34,37). The number of halogens is 1. The average molecular weight is 508 g/mol. The van der Waals surface area contributed by atoms with Gasteiger partial charge < -0.3 is 20.7 Å². The Labute approximate surface area is 217 Å². The van der Waals surface area contributed by atoms with Crippen molar-refractivity contribution < 1.29 is 18.7 Å². The average Bonchev–Trinajstić information content (AvgIpc) is 3.75. The number of pyridine rings is 1. The van der Waals surface area contributed by atoms with Crippen molar-refractivity contribution >= 4 is 46.6 Å². The van der Waals surface area contributed by atoms with Crippen LogP contribution in [0.2, 0.25) is 0 Å². The van der Waals surface area contributed by atoms with E-state index in [0.29, 0.717) is 47.2 Å². The van der Waals surface area contributed by atoms with Crippen molar-refractivity contribution in [2.75, 3.05) is 16.0 Å². The molecule has 8 nitrogen and oxygen atoms in total. The second-order valence-electron chi connectivity index (χ2n) is 9.10. The minimum Gasteiger partial charge on any atom is -0.455 e. The lowest BCUT2D eigenvalue weighted by Crippen LogP contribution is -2.35. The van der Waals surface area contributed by atoms with Crippen LogP contribution in [0.5, 0.6) is 11.5 Å². The van der Waals surface area contributed by atoms with Crippen molar-refractivity contribution in [3.05, 3.63) is 96.4 Å². The lowest BCUT2D eigenvalue weighted by Gasteiger charge is -2.16. The number of para-hydroxylation sites is 1. The second kappa shape index (κ2) is 9.44.